The fourth-order valence-electron chi connectivity index (χ4n) is 10.7. The van der Waals surface area contributed by atoms with Gasteiger partial charge in [-0.3, -0.25) is 0 Å². The highest BCUT2D eigenvalue weighted by Gasteiger charge is 2.59. The molecule has 23 rings (SSSR count). The smallest absolute Gasteiger partial charge is 0.187 e. The van der Waals surface area contributed by atoms with Crippen LogP contribution in [0.2, 0.25) is 0 Å². The number of nitrogens with one attached hydrogen (secondary N) is 1. The summed E-state index contributed by atoms with van der Waals surface area (Å²) in [4.78, 5) is 0. The molecular weight excluding hydrogens is 1070 g/mol. The Kier molecular flexibility index (Phi) is 22.9. The molecule has 79 heavy (non-hydrogen) atoms. The lowest BCUT2D eigenvalue weighted by Crippen LogP contribution is -2.69. The molecule has 31 heteroatoms. The van der Waals surface area contributed by atoms with Gasteiger partial charge in [0.15, 0.2) is 37.7 Å². The van der Waals surface area contributed by atoms with E-state index in [0.29, 0.717) is 32.4 Å². The molecule has 22 aliphatic heterocycles. The van der Waals surface area contributed by atoms with Crippen LogP contribution in [0, 0.1) is 0 Å². The van der Waals surface area contributed by atoms with Crippen LogP contribution in [0.3, 0.4) is 0 Å². The quantitative estimate of drug-likeness (QED) is 0.0725. The van der Waals surface area contributed by atoms with Gasteiger partial charge >= 0.3 is 0 Å². The van der Waals surface area contributed by atoms with Crippen molar-refractivity contribution >= 4 is 0 Å². The summed E-state index contributed by atoms with van der Waals surface area (Å²) in [5.41, 5.74) is 1.09. The average Bonchev–Trinajstić information content (AvgIpc) is 3.61. The molecule has 0 spiro atoms. The van der Waals surface area contributed by atoms with Gasteiger partial charge in [0, 0.05) is 13.2 Å². The molecule has 12 bridgehead atoms. The predicted octanol–water partition coefficient (Wildman–Crippen LogP) is -10.1. The minimum atomic E-state index is -2.15. The average molecular weight is 1150 g/mol. The minimum absolute atomic E-state index is 0.0678. The predicted molar refractivity (Wildman–Crippen MR) is 252 cm³/mol. The lowest BCUT2D eigenvalue weighted by atomic mass is 9.94. The van der Waals surface area contributed by atoms with E-state index in [1.54, 1.807) is 0 Å². The Morgan fingerprint density at radius 1 is 0.329 bits per heavy atom. The van der Waals surface area contributed by atoms with Crippen LogP contribution in [0.4, 0.5) is 0 Å². The normalized spacial score (nSPS) is 48.2. The van der Waals surface area contributed by atoms with Crippen molar-refractivity contribution in [2.24, 2.45) is 0 Å². The first-order valence-corrected chi connectivity index (χ1v) is 26.3. The highest BCUT2D eigenvalue weighted by atomic mass is 16.8. The number of unbranched alkanes of at least 4 members (excludes halogenated alkanes) is 2. The molecule has 31 nitrogen and oxygen atoms in total. The van der Waals surface area contributed by atoms with E-state index in [9.17, 15) is 86.8 Å². The number of benzene rings is 1. The molecule has 0 aliphatic carbocycles. The van der Waals surface area contributed by atoms with Crippen LogP contribution >= 0.6 is 0 Å². The molecular formula is C48H77NO30. The first-order valence-electron chi connectivity index (χ1n) is 26.3. The van der Waals surface area contributed by atoms with Crippen LogP contribution in [0.1, 0.15) is 24.8 Å². The third-order valence-electron chi connectivity index (χ3n) is 15.1. The monoisotopic (exact) mass is 1150 g/mol. The summed E-state index contributed by atoms with van der Waals surface area (Å²) < 4.78 is 76.4. The topological polar surface area (TPSA) is 476 Å². The summed E-state index contributed by atoms with van der Waals surface area (Å²) in [6, 6.07) is 9.74. The Hall–Kier alpha value is -2.02. The zero-order chi connectivity index (χ0) is 56.8. The molecule has 1 aromatic rings. The standard InChI is InChI=1S/C48H77NO30/c50-12-19-36-25(56)30(61)43(68-19)74-37-20(13-51)69-45(31(62)26(37)57)76-39-22(15-53)71-47(33(64)28(39)59)78-41-24(17-55)73-48(42(35(41)66)67-10-6-2-5-9-49-11-18-7-3-1-4-8-18)79-40-23(16-54)72-46(34(65)29(40)60)77-38-21(14-52)70-44(75-36)32(63)27(38)58/h1,3-4,7-8,19-66H,2,5-6,9-17H2/t19-,20-,21-,22-,23-,24-,25-,26-,27-,28-,29-,30-,31-,32-,33-,34-,35+,36-,37-,38-,39-,40-,41-,42-,43-,44-,45-,46-,47-,48-/m1/s1. The van der Waals surface area contributed by atoms with Gasteiger partial charge in [-0.15, -0.1) is 0 Å². The summed E-state index contributed by atoms with van der Waals surface area (Å²) in [5.74, 6) is 0. The van der Waals surface area contributed by atoms with Crippen molar-refractivity contribution in [3.05, 3.63) is 35.9 Å². The molecule has 454 valence electrons. The fraction of sp³-hybridized carbons (Fsp3) is 0.875. The summed E-state index contributed by atoms with van der Waals surface area (Å²) in [6.45, 7) is -4.66. The molecule has 0 aromatic heterocycles. The number of rotatable bonds is 15. The Morgan fingerprint density at radius 3 is 0.937 bits per heavy atom. The second kappa shape index (κ2) is 28.7. The molecule has 30 atom stereocenters. The Balaban J connectivity index is 1.07. The van der Waals surface area contributed by atoms with Crippen molar-refractivity contribution in [2.75, 3.05) is 52.8 Å². The van der Waals surface area contributed by atoms with Gasteiger partial charge in [0.1, 0.15) is 146 Å². The van der Waals surface area contributed by atoms with Crippen molar-refractivity contribution in [3.8, 4) is 0 Å². The van der Waals surface area contributed by atoms with Crippen LogP contribution in [0.25, 0.3) is 0 Å². The van der Waals surface area contributed by atoms with Gasteiger partial charge < -0.3 is 154 Å². The van der Waals surface area contributed by atoms with E-state index in [4.69, 9.17) is 61.6 Å². The summed E-state index contributed by atoms with van der Waals surface area (Å²) in [6.07, 6.45) is -55.4. The van der Waals surface area contributed by atoms with Gasteiger partial charge in [-0.2, -0.15) is 0 Å². The minimum Gasteiger partial charge on any atom is -0.394 e. The molecule has 22 saturated heterocycles. The summed E-state index contributed by atoms with van der Waals surface area (Å²) in [5, 5.41) is 193. The highest BCUT2D eigenvalue weighted by molar-refractivity contribution is 5.14. The van der Waals surface area contributed by atoms with Crippen LogP contribution in [0.5, 0.6) is 0 Å². The Morgan fingerprint density at radius 2 is 0.620 bits per heavy atom. The molecule has 0 amide bonds. The Bertz CT molecular complexity index is 1950. The van der Waals surface area contributed by atoms with E-state index in [2.05, 4.69) is 5.32 Å². The molecule has 22 heterocycles. The number of hydrogen-bond donors (Lipinski definition) is 18. The molecule has 0 radical (unpaired) electrons. The van der Waals surface area contributed by atoms with Crippen molar-refractivity contribution in [1.29, 1.82) is 0 Å². The van der Waals surface area contributed by atoms with Gasteiger partial charge in [-0.1, -0.05) is 30.3 Å². The first-order chi connectivity index (χ1) is 38.0. The van der Waals surface area contributed by atoms with Crippen LogP contribution in [0.15, 0.2) is 30.3 Å². The maximum atomic E-state index is 12.1. The van der Waals surface area contributed by atoms with E-state index in [0.717, 1.165) is 5.56 Å². The summed E-state index contributed by atoms with van der Waals surface area (Å²) >= 11 is 0. The number of aliphatic hydroxyl groups is 17. The molecule has 1 aromatic carbocycles. The van der Waals surface area contributed by atoms with E-state index < -0.39 is 224 Å². The molecule has 22 fully saturated rings. The largest absolute Gasteiger partial charge is 0.394 e. The third-order valence-corrected chi connectivity index (χ3v) is 15.1. The van der Waals surface area contributed by atoms with E-state index in [1.807, 2.05) is 30.3 Å². The van der Waals surface area contributed by atoms with Crippen LogP contribution in [-0.2, 0) is 68.1 Å². The lowest BCUT2D eigenvalue weighted by Gasteiger charge is -2.51. The second-order valence-electron chi connectivity index (χ2n) is 20.4. The van der Waals surface area contributed by atoms with Crippen LogP contribution < -0.4 is 5.32 Å². The highest BCUT2D eigenvalue weighted by Crippen LogP contribution is 2.38. The maximum absolute atomic E-state index is 12.1. The van der Waals surface area contributed by atoms with Gasteiger partial charge in [0.05, 0.1) is 39.6 Å². The number of ether oxygens (including phenoxy) is 13. The number of hydrogen-bond acceptors (Lipinski definition) is 31. The zero-order valence-corrected chi connectivity index (χ0v) is 42.6. The van der Waals surface area contributed by atoms with Crippen molar-refractivity contribution in [3.63, 3.8) is 0 Å². The molecule has 22 aliphatic rings. The first kappa shape index (κ1) is 63.0. The maximum Gasteiger partial charge on any atom is 0.187 e. The van der Waals surface area contributed by atoms with Crippen LogP contribution in [-0.4, -0.2) is 324 Å². The van der Waals surface area contributed by atoms with E-state index in [-0.39, 0.29) is 6.61 Å². The Labute approximate surface area is 451 Å². The number of aliphatic hydroxyl groups excluding tert-OH is 17. The zero-order valence-electron chi connectivity index (χ0n) is 42.6. The molecule has 18 N–H and O–H groups in total. The van der Waals surface area contributed by atoms with Crippen molar-refractivity contribution in [2.45, 2.75) is 210 Å². The van der Waals surface area contributed by atoms with Crippen molar-refractivity contribution in [1.82, 2.24) is 5.32 Å². The van der Waals surface area contributed by atoms with Gasteiger partial charge in [-0.05, 0) is 31.4 Å². The van der Waals surface area contributed by atoms with E-state index >= 15 is 0 Å². The fourth-order valence-corrected chi connectivity index (χ4v) is 10.7. The summed E-state index contributed by atoms with van der Waals surface area (Å²) in [7, 11) is 0. The van der Waals surface area contributed by atoms with E-state index in [1.165, 1.54) is 0 Å². The van der Waals surface area contributed by atoms with Gasteiger partial charge in [-0.25, -0.2) is 0 Å². The lowest BCUT2D eigenvalue weighted by molar-refractivity contribution is -0.405. The SMILES string of the molecule is OC[C@H]1O[C@@H]2O[C@H]3[C@H](O)[C@@H](O)[C@@H](O[C@H]4[C@H](O)[C@@H](O)[C@@H](O[C@H]5[C@H](O)[C@@H](OCCCCCNCc6ccccc6)[C@@H](O[C@H]6[C@H](O)[C@@H](O)[C@@H](O[C@H]7[C@H](O)[C@@H](O)[C@@H](O[C@H]1[C@H](O)[C@H]2O)O[C@@H]7CO)O[C@@H]6CO)O[C@@H]5CO)O[C@@H]4CO)O[C@@H]3CO. The van der Waals surface area contributed by atoms with Gasteiger partial charge in [0.25, 0.3) is 0 Å². The molecule has 0 unspecified atom stereocenters. The second-order valence-corrected chi connectivity index (χ2v) is 20.4. The van der Waals surface area contributed by atoms with Crippen molar-refractivity contribution < 1.29 is 148 Å². The third kappa shape index (κ3) is 13.9. The van der Waals surface area contributed by atoms with Gasteiger partial charge in [0.2, 0.25) is 0 Å². The molecule has 0 saturated carbocycles.